The van der Waals surface area contributed by atoms with Gasteiger partial charge in [0.05, 0.1) is 19.4 Å². The summed E-state index contributed by atoms with van der Waals surface area (Å²) in [6, 6.07) is 7.34. The van der Waals surface area contributed by atoms with Crippen LogP contribution in [0.5, 0.6) is 5.75 Å². The standard InChI is InChI=1S/C13H14BrNO2/c1-8-5-6-17-13(8)12(15)10-7-9(14)3-4-11(10)16-2/h3-7,12H,15H2,1-2H3. The SMILES string of the molecule is COc1ccc(Br)cc1C(N)c1occc1C. The van der Waals surface area contributed by atoms with Gasteiger partial charge in [0.15, 0.2) is 0 Å². The summed E-state index contributed by atoms with van der Waals surface area (Å²) in [4.78, 5) is 0. The zero-order valence-electron chi connectivity index (χ0n) is 9.74. The normalized spacial score (nSPS) is 12.5. The molecule has 0 radical (unpaired) electrons. The first-order valence-corrected chi connectivity index (χ1v) is 6.05. The fourth-order valence-corrected chi connectivity index (χ4v) is 2.17. The van der Waals surface area contributed by atoms with Crippen molar-refractivity contribution in [3.05, 3.63) is 51.9 Å². The summed E-state index contributed by atoms with van der Waals surface area (Å²) in [5, 5.41) is 0. The number of hydrogen-bond donors (Lipinski definition) is 1. The van der Waals surface area contributed by atoms with Gasteiger partial charge in [-0.1, -0.05) is 15.9 Å². The number of rotatable bonds is 3. The molecule has 2 N–H and O–H groups in total. The van der Waals surface area contributed by atoms with Gasteiger partial charge in [0.2, 0.25) is 0 Å². The minimum Gasteiger partial charge on any atom is -0.496 e. The molecule has 3 nitrogen and oxygen atoms in total. The zero-order valence-corrected chi connectivity index (χ0v) is 11.3. The molecule has 1 aromatic carbocycles. The Morgan fingerprint density at radius 1 is 1.35 bits per heavy atom. The smallest absolute Gasteiger partial charge is 0.128 e. The predicted molar refractivity (Wildman–Crippen MR) is 70.2 cm³/mol. The number of nitrogens with two attached hydrogens (primary N) is 1. The third kappa shape index (κ3) is 2.37. The van der Waals surface area contributed by atoms with Crippen molar-refractivity contribution in [3.63, 3.8) is 0 Å². The zero-order chi connectivity index (χ0) is 12.4. The molecule has 1 aromatic heterocycles. The van der Waals surface area contributed by atoms with Crippen LogP contribution in [0.3, 0.4) is 0 Å². The lowest BCUT2D eigenvalue weighted by molar-refractivity contribution is 0.402. The van der Waals surface area contributed by atoms with Gasteiger partial charge in [-0.2, -0.15) is 0 Å². The number of furan rings is 1. The second-order valence-corrected chi connectivity index (χ2v) is 4.75. The number of halogens is 1. The van der Waals surface area contributed by atoms with Crippen LogP contribution in [0.25, 0.3) is 0 Å². The molecule has 0 spiro atoms. The van der Waals surface area contributed by atoms with Crippen LogP contribution in [-0.2, 0) is 0 Å². The maximum absolute atomic E-state index is 6.21. The van der Waals surface area contributed by atoms with E-state index in [0.29, 0.717) is 0 Å². The van der Waals surface area contributed by atoms with E-state index in [2.05, 4.69) is 15.9 Å². The van der Waals surface area contributed by atoms with Gasteiger partial charge in [0.1, 0.15) is 11.5 Å². The number of aryl methyl sites for hydroxylation is 1. The molecule has 0 aliphatic rings. The van der Waals surface area contributed by atoms with Crippen molar-refractivity contribution in [1.29, 1.82) is 0 Å². The molecular formula is C13H14BrNO2. The van der Waals surface area contributed by atoms with Crippen LogP contribution in [0.1, 0.15) is 22.9 Å². The Balaban J connectivity index is 2.46. The molecule has 0 saturated carbocycles. The Bertz CT molecular complexity index is 522. The van der Waals surface area contributed by atoms with E-state index in [1.54, 1.807) is 13.4 Å². The largest absolute Gasteiger partial charge is 0.496 e. The van der Waals surface area contributed by atoms with Crippen LogP contribution < -0.4 is 10.5 Å². The molecule has 0 fully saturated rings. The average Bonchev–Trinajstić information content (AvgIpc) is 2.74. The monoisotopic (exact) mass is 295 g/mol. The van der Waals surface area contributed by atoms with Gasteiger partial charge in [-0.25, -0.2) is 0 Å². The maximum atomic E-state index is 6.21. The van der Waals surface area contributed by atoms with Crippen LogP contribution in [0.4, 0.5) is 0 Å². The van der Waals surface area contributed by atoms with Crippen molar-refractivity contribution in [2.45, 2.75) is 13.0 Å². The minimum atomic E-state index is -0.322. The molecule has 2 rings (SSSR count). The molecule has 0 bridgehead atoms. The number of methoxy groups -OCH3 is 1. The summed E-state index contributed by atoms with van der Waals surface area (Å²) in [5.74, 6) is 1.53. The van der Waals surface area contributed by atoms with E-state index >= 15 is 0 Å². The van der Waals surface area contributed by atoms with Gasteiger partial charge < -0.3 is 14.9 Å². The highest BCUT2D eigenvalue weighted by atomic mass is 79.9. The van der Waals surface area contributed by atoms with Gasteiger partial charge in [0.25, 0.3) is 0 Å². The lowest BCUT2D eigenvalue weighted by Crippen LogP contribution is -2.13. The van der Waals surface area contributed by atoms with E-state index in [9.17, 15) is 0 Å². The highest BCUT2D eigenvalue weighted by Crippen LogP contribution is 2.32. The molecule has 17 heavy (non-hydrogen) atoms. The molecule has 1 heterocycles. The predicted octanol–water partition coefficient (Wildman–Crippen LogP) is 3.41. The van der Waals surface area contributed by atoms with Gasteiger partial charge in [0, 0.05) is 10.0 Å². The van der Waals surface area contributed by atoms with Crippen LogP contribution >= 0.6 is 15.9 Å². The van der Waals surface area contributed by atoms with Gasteiger partial charge >= 0.3 is 0 Å². The highest BCUT2D eigenvalue weighted by molar-refractivity contribution is 9.10. The van der Waals surface area contributed by atoms with Crippen molar-refractivity contribution in [2.75, 3.05) is 7.11 Å². The second-order valence-electron chi connectivity index (χ2n) is 3.83. The Labute approximate surface area is 109 Å². The first kappa shape index (κ1) is 12.2. The molecule has 4 heteroatoms. The highest BCUT2D eigenvalue weighted by Gasteiger charge is 2.18. The molecular weight excluding hydrogens is 282 g/mol. The Morgan fingerprint density at radius 2 is 2.12 bits per heavy atom. The molecule has 2 aromatic rings. The summed E-state index contributed by atoms with van der Waals surface area (Å²) in [6.45, 7) is 1.98. The topological polar surface area (TPSA) is 48.4 Å². The average molecular weight is 296 g/mol. The van der Waals surface area contributed by atoms with Gasteiger partial charge in [-0.15, -0.1) is 0 Å². The van der Waals surface area contributed by atoms with E-state index < -0.39 is 0 Å². The number of ether oxygens (including phenoxy) is 1. The van der Waals surface area contributed by atoms with Crippen molar-refractivity contribution in [2.24, 2.45) is 5.73 Å². The summed E-state index contributed by atoms with van der Waals surface area (Å²) in [6.07, 6.45) is 1.65. The number of hydrogen-bond acceptors (Lipinski definition) is 3. The maximum Gasteiger partial charge on any atom is 0.128 e. The van der Waals surface area contributed by atoms with E-state index in [4.69, 9.17) is 14.9 Å². The first-order chi connectivity index (χ1) is 8.13. The summed E-state index contributed by atoms with van der Waals surface area (Å²) < 4.78 is 11.7. The quantitative estimate of drug-likeness (QED) is 0.944. The van der Waals surface area contributed by atoms with Crippen molar-refractivity contribution in [1.82, 2.24) is 0 Å². The van der Waals surface area contributed by atoms with E-state index in [1.807, 2.05) is 31.2 Å². The molecule has 0 amide bonds. The Morgan fingerprint density at radius 3 is 2.71 bits per heavy atom. The lowest BCUT2D eigenvalue weighted by atomic mass is 10.0. The number of benzene rings is 1. The Hall–Kier alpha value is -1.26. The molecule has 1 unspecified atom stereocenters. The van der Waals surface area contributed by atoms with E-state index in [0.717, 1.165) is 27.1 Å². The second kappa shape index (κ2) is 4.94. The molecule has 0 saturated heterocycles. The van der Waals surface area contributed by atoms with Crippen molar-refractivity contribution >= 4 is 15.9 Å². The first-order valence-electron chi connectivity index (χ1n) is 5.26. The van der Waals surface area contributed by atoms with Crippen LogP contribution in [0, 0.1) is 6.92 Å². The van der Waals surface area contributed by atoms with Crippen LogP contribution in [0.2, 0.25) is 0 Å². The fraction of sp³-hybridized carbons (Fsp3) is 0.231. The molecule has 90 valence electrons. The van der Waals surface area contributed by atoms with Crippen molar-refractivity contribution in [3.8, 4) is 5.75 Å². The minimum absolute atomic E-state index is 0.322. The van der Waals surface area contributed by atoms with Crippen LogP contribution in [-0.4, -0.2) is 7.11 Å². The molecule has 0 aliphatic carbocycles. The summed E-state index contributed by atoms with van der Waals surface area (Å²) in [7, 11) is 1.63. The Kier molecular flexibility index (Phi) is 3.54. The third-order valence-electron chi connectivity index (χ3n) is 2.71. The van der Waals surface area contributed by atoms with Gasteiger partial charge in [-0.05, 0) is 36.8 Å². The fourth-order valence-electron chi connectivity index (χ4n) is 1.79. The van der Waals surface area contributed by atoms with E-state index in [1.165, 1.54) is 0 Å². The molecule has 0 aliphatic heterocycles. The van der Waals surface area contributed by atoms with Crippen molar-refractivity contribution < 1.29 is 9.15 Å². The van der Waals surface area contributed by atoms with E-state index in [-0.39, 0.29) is 6.04 Å². The van der Waals surface area contributed by atoms with Gasteiger partial charge in [-0.3, -0.25) is 0 Å². The van der Waals surface area contributed by atoms with Crippen LogP contribution in [0.15, 0.2) is 39.4 Å². The summed E-state index contributed by atoms with van der Waals surface area (Å²) in [5.41, 5.74) is 8.16. The lowest BCUT2D eigenvalue weighted by Gasteiger charge is -2.15. The summed E-state index contributed by atoms with van der Waals surface area (Å²) >= 11 is 3.43. The molecule has 1 atom stereocenters. The third-order valence-corrected chi connectivity index (χ3v) is 3.20.